The van der Waals surface area contributed by atoms with E-state index < -0.39 is 0 Å². The molecular formula is C29H30N4O6. The van der Waals surface area contributed by atoms with Gasteiger partial charge in [-0.05, 0) is 24.3 Å². The third-order valence-electron chi connectivity index (χ3n) is 7.00. The SMILES string of the molecule is O=C1CC(=O)C2=C1c1cn(c3ncccc13)CCOCCOCCOCCOCCn1cc2c2cccnc21. The quantitative estimate of drug-likeness (QED) is 0.320. The summed E-state index contributed by atoms with van der Waals surface area (Å²) in [6.45, 7) is 4.86. The van der Waals surface area contributed by atoms with Gasteiger partial charge in [-0.15, -0.1) is 0 Å². The highest BCUT2D eigenvalue weighted by atomic mass is 16.6. The molecule has 0 radical (unpaired) electrons. The van der Waals surface area contributed by atoms with E-state index in [9.17, 15) is 9.59 Å². The zero-order valence-electron chi connectivity index (χ0n) is 21.6. The van der Waals surface area contributed by atoms with Crippen LogP contribution in [0, 0.1) is 0 Å². The Labute approximate surface area is 225 Å². The first-order valence-corrected chi connectivity index (χ1v) is 13.2. The number of ketones is 2. The summed E-state index contributed by atoms with van der Waals surface area (Å²) in [5.74, 6) is -0.372. The van der Waals surface area contributed by atoms with Crippen LogP contribution in [0.2, 0.25) is 0 Å². The molecule has 0 atom stereocenters. The number of nitrogens with zero attached hydrogens (tertiary/aromatic N) is 4. The lowest BCUT2D eigenvalue weighted by molar-refractivity contribution is -0.119. The zero-order chi connectivity index (χ0) is 26.6. The van der Waals surface area contributed by atoms with Gasteiger partial charge in [0.05, 0.1) is 59.3 Å². The van der Waals surface area contributed by atoms with E-state index in [4.69, 9.17) is 18.9 Å². The lowest BCUT2D eigenvalue weighted by Gasteiger charge is -2.09. The molecular weight excluding hydrogens is 500 g/mol. The van der Waals surface area contributed by atoms with Crippen molar-refractivity contribution in [3.8, 4) is 0 Å². The number of fused-ring (bicyclic) bond motifs is 12. The molecule has 0 saturated heterocycles. The molecule has 4 aromatic rings. The second kappa shape index (κ2) is 11.6. The zero-order valence-corrected chi connectivity index (χ0v) is 21.6. The van der Waals surface area contributed by atoms with Gasteiger partial charge in [0.15, 0.2) is 11.6 Å². The molecule has 202 valence electrons. The van der Waals surface area contributed by atoms with Crippen molar-refractivity contribution in [2.45, 2.75) is 19.5 Å². The summed E-state index contributed by atoms with van der Waals surface area (Å²) in [5, 5.41) is 1.65. The molecule has 0 fully saturated rings. The Hall–Kier alpha value is -3.70. The molecule has 1 aliphatic heterocycles. The summed E-state index contributed by atoms with van der Waals surface area (Å²) >= 11 is 0. The molecule has 0 spiro atoms. The third kappa shape index (κ3) is 5.16. The van der Waals surface area contributed by atoms with Crippen LogP contribution in [0.4, 0.5) is 0 Å². The standard InChI is InChI=1S/C29H30N4O6/c34-24-17-25(35)27-23-19-33(29-21(23)4-2-6-31-29)8-10-37-12-14-39-16-15-38-13-11-36-9-7-32-18-22(26(24)27)20-3-1-5-30-28(20)32/h1-6,18-19H,7-17H2. The molecule has 10 nitrogen and oxygen atoms in total. The molecule has 0 amide bonds. The number of hydrogen-bond acceptors (Lipinski definition) is 8. The van der Waals surface area contributed by atoms with Gasteiger partial charge in [-0.3, -0.25) is 9.59 Å². The van der Waals surface area contributed by atoms with E-state index in [-0.39, 0.29) is 18.0 Å². The molecule has 0 aromatic carbocycles. The average Bonchev–Trinajstić information content (AvgIpc) is 3.58. The van der Waals surface area contributed by atoms with E-state index in [2.05, 4.69) is 9.97 Å². The molecule has 2 aliphatic rings. The van der Waals surface area contributed by atoms with E-state index in [1.807, 2.05) is 45.8 Å². The van der Waals surface area contributed by atoms with Crippen LogP contribution < -0.4 is 0 Å². The fourth-order valence-corrected chi connectivity index (χ4v) is 5.24. The minimum Gasteiger partial charge on any atom is -0.377 e. The lowest BCUT2D eigenvalue weighted by Crippen LogP contribution is -2.14. The first-order valence-electron chi connectivity index (χ1n) is 13.2. The van der Waals surface area contributed by atoms with Crippen molar-refractivity contribution >= 4 is 44.8 Å². The highest BCUT2D eigenvalue weighted by Crippen LogP contribution is 2.41. The summed E-state index contributed by atoms with van der Waals surface area (Å²) in [4.78, 5) is 35.9. The largest absolute Gasteiger partial charge is 0.377 e. The van der Waals surface area contributed by atoms with Crippen LogP contribution >= 0.6 is 0 Å². The van der Waals surface area contributed by atoms with Crippen molar-refractivity contribution in [1.82, 2.24) is 19.1 Å². The number of ether oxygens (including phenoxy) is 4. The van der Waals surface area contributed by atoms with Crippen LogP contribution in [0.15, 0.2) is 49.1 Å². The van der Waals surface area contributed by atoms with Gasteiger partial charge >= 0.3 is 0 Å². The third-order valence-corrected chi connectivity index (χ3v) is 7.00. The highest BCUT2D eigenvalue weighted by molar-refractivity contribution is 6.52. The van der Waals surface area contributed by atoms with Crippen molar-refractivity contribution in [1.29, 1.82) is 0 Å². The highest BCUT2D eigenvalue weighted by Gasteiger charge is 2.35. The van der Waals surface area contributed by atoms with Gasteiger partial charge < -0.3 is 28.1 Å². The van der Waals surface area contributed by atoms with Crippen molar-refractivity contribution in [3.05, 3.63) is 60.2 Å². The summed E-state index contributed by atoms with van der Waals surface area (Å²) in [7, 11) is 0. The molecule has 0 saturated carbocycles. The molecule has 1 aliphatic carbocycles. The van der Waals surface area contributed by atoms with Crippen molar-refractivity contribution < 1.29 is 28.5 Å². The van der Waals surface area contributed by atoms with Crippen molar-refractivity contribution in [2.75, 3.05) is 52.9 Å². The van der Waals surface area contributed by atoms with Gasteiger partial charge in [-0.1, -0.05) is 0 Å². The number of hydrogen-bond donors (Lipinski definition) is 0. The van der Waals surface area contributed by atoms with Crippen molar-refractivity contribution in [2.24, 2.45) is 0 Å². The van der Waals surface area contributed by atoms with Crippen LogP contribution in [0.3, 0.4) is 0 Å². The Kier molecular flexibility index (Phi) is 7.60. The molecule has 4 aromatic heterocycles. The number of carbonyl (C=O) groups excluding carboxylic acids is 2. The van der Waals surface area contributed by atoms with Gasteiger partial charge in [-0.2, -0.15) is 0 Å². The number of pyridine rings is 2. The molecule has 0 N–H and O–H groups in total. The smallest absolute Gasteiger partial charge is 0.172 e. The Morgan fingerprint density at radius 3 is 1.44 bits per heavy atom. The monoisotopic (exact) mass is 530 g/mol. The van der Waals surface area contributed by atoms with Gasteiger partial charge in [0.1, 0.15) is 11.3 Å². The van der Waals surface area contributed by atoms with E-state index in [1.165, 1.54) is 0 Å². The van der Waals surface area contributed by atoms with E-state index in [0.29, 0.717) is 88.2 Å². The maximum atomic E-state index is 13.4. The maximum Gasteiger partial charge on any atom is 0.172 e. The molecule has 39 heavy (non-hydrogen) atoms. The number of Topliss-reactive ketones (excluding diaryl/α,β-unsaturated/α-hetero) is 2. The Bertz CT molecular complexity index is 1440. The minimum absolute atomic E-state index is 0.156. The van der Waals surface area contributed by atoms with Gasteiger partial charge in [0, 0.05) is 70.9 Å². The van der Waals surface area contributed by atoms with Gasteiger partial charge in [-0.25, -0.2) is 9.97 Å². The maximum absolute atomic E-state index is 13.4. The first kappa shape index (κ1) is 25.6. The van der Waals surface area contributed by atoms with E-state index in [0.717, 1.165) is 22.1 Å². The second-order valence-electron chi connectivity index (χ2n) is 9.44. The second-order valence-corrected chi connectivity index (χ2v) is 9.44. The number of aromatic nitrogens is 4. The number of carbonyl (C=O) groups is 2. The topological polar surface area (TPSA) is 107 Å². The summed E-state index contributed by atoms with van der Waals surface area (Å²) in [5.41, 5.74) is 3.77. The number of rotatable bonds is 0. The van der Waals surface area contributed by atoms with Crippen LogP contribution in [-0.4, -0.2) is 83.5 Å². The van der Waals surface area contributed by atoms with Crippen LogP contribution in [0.1, 0.15) is 17.5 Å². The van der Waals surface area contributed by atoms with Crippen molar-refractivity contribution in [3.63, 3.8) is 0 Å². The molecule has 4 bridgehead atoms. The van der Waals surface area contributed by atoms with Crippen LogP contribution in [0.25, 0.3) is 33.2 Å². The molecule has 10 heteroatoms. The summed E-state index contributed by atoms with van der Waals surface area (Å²) in [6, 6.07) is 7.57. The van der Waals surface area contributed by atoms with Gasteiger partial charge in [0.2, 0.25) is 0 Å². The molecule has 6 rings (SSSR count). The normalized spacial score (nSPS) is 18.8. The predicted octanol–water partition coefficient (Wildman–Crippen LogP) is 2.92. The lowest BCUT2D eigenvalue weighted by atomic mass is 9.96. The van der Waals surface area contributed by atoms with Crippen LogP contribution in [0.5, 0.6) is 0 Å². The fourth-order valence-electron chi connectivity index (χ4n) is 5.24. The first-order chi connectivity index (χ1) is 19.2. The summed E-state index contributed by atoms with van der Waals surface area (Å²) in [6.07, 6.45) is 7.13. The number of allylic oxidation sites excluding steroid dienone is 2. The minimum atomic E-state index is -0.186. The Balaban J connectivity index is 1.45. The Morgan fingerprint density at radius 1 is 0.590 bits per heavy atom. The summed E-state index contributed by atoms with van der Waals surface area (Å²) < 4.78 is 26.7. The van der Waals surface area contributed by atoms with E-state index in [1.54, 1.807) is 12.4 Å². The Morgan fingerprint density at radius 2 is 1.00 bits per heavy atom. The fraction of sp³-hybridized carbons (Fsp3) is 0.379. The predicted molar refractivity (Wildman–Crippen MR) is 144 cm³/mol. The molecule has 0 unspecified atom stereocenters. The van der Waals surface area contributed by atoms with E-state index >= 15 is 0 Å². The average molecular weight is 531 g/mol. The van der Waals surface area contributed by atoms with Gasteiger partial charge in [0.25, 0.3) is 0 Å². The van der Waals surface area contributed by atoms with Crippen LogP contribution in [-0.2, 0) is 41.6 Å². The molecule has 5 heterocycles.